The summed E-state index contributed by atoms with van der Waals surface area (Å²) in [7, 11) is 1.63. The number of ether oxygens (including phenoxy) is 2. The molecule has 2 aliphatic rings. The Hall–Kier alpha value is -0.940. The Kier molecular flexibility index (Phi) is 6.66. The molecule has 0 aromatic carbocycles. The zero-order valence-electron chi connectivity index (χ0n) is 16.3. The number of fused-ring (bicyclic) bond motifs is 1. The third-order valence-corrected chi connectivity index (χ3v) is 5.69. The summed E-state index contributed by atoms with van der Waals surface area (Å²) in [5.41, 5.74) is 2.24. The summed E-state index contributed by atoms with van der Waals surface area (Å²) in [5, 5.41) is 21.3. The highest BCUT2D eigenvalue weighted by molar-refractivity contribution is 5.28. The van der Waals surface area contributed by atoms with E-state index in [9.17, 15) is 10.2 Å². The van der Waals surface area contributed by atoms with Crippen LogP contribution in [0.5, 0.6) is 0 Å². The van der Waals surface area contributed by atoms with Crippen molar-refractivity contribution in [2.24, 2.45) is 0 Å². The molecule has 0 radical (unpaired) electrons. The highest BCUT2D eigenvalue weighted by Gasteiger charge is 2.32. The summed E-state index contributed by atoms with van der Waals surface area (Å²) in [6.07, 6.45) is 8.85. The molecule has 1 aliphatic carbocycles. The fourth-order valence-corrected chi connectivity index (χ4v) is 3.54. The van der Waals surface area contributed by atoms with Crippen LogP contribution in [0.25, 0.3) is 0 Å². The number of allylic oxidation sites excluding steroid dienone is 1. The molecule has 0 saturated carbocycles. The number of rotatable bonds is 1. The Morgan fingerprint density at radius 1 is 1.24 bits per heavy atom. The van der Waals surface area contributed by atoms with Gasteiger partial charge >= 0.3 is 0 Å². The van der Waals surface area contributed by atoms with Gasteiger partial charge in [-0.1, -0.05) is 23.8 Å². The van der Waals surface area contributed by atoms with Crippen molar-refractivity contribution in [3.63, 3.8) is 0 Å². The van der Waals surface area contributed by atoms with E-state index >= 15 is 0 Å². The minimum Gasteiger partial charge on any atom is -0.390 e. The molecule has 0 amide bonds. The maximum absolute atomic E-state index is 10.7. The molecule has 0 fully saturated rings. The van der Waals surface area contributed by atoms with Gasteiger partial charge in [0.05, 0.1) is 30.0 Å². The maximum Gasteiger partial charge on any atom is 0.0977 e. The summed E-state index contributed by atoms with van der Waals surface area (Å²) in [6.45, 7) is 8.61. The topological polar surface area (TPSA) is 58.9 Å². The van der Waals surface area contributed by atoms with Crippen LogP contribution in [0.4, 0.5) is 0 Å². The Bertz CT molecular complexity index is 558. The second kappa shape index (κ2) is 8.17. The van der Waals surface area contributed by atoms with E-state index in [1.54, 1.807) is 7.11 Å². The molecule has 1 aliphatic heterocycles. The summed E-state index contributed by atoms with van der Waals surface area (Å²) in [4.78, 5) is 0. The first-order chi connectivity index (χ1) is 11.7. The van der Waals surface area contributed by atoms with Crippen molar-refractivity contribution in [1.82, 2.24) is 0 Å². The van der Waals surface area contributed by atoms with Gasteiger partial charge in [0.25, 0.3) is 0 Å². The van der Waals surface area contributed by atoms with Crippen LogP contribution in [0.15, 0.2) is 34.9 Å². The highest BCUT2D eigenvalue weighted by atomic mass is 16.5. The van der Waals surface area contributed by atoms with Gasteiger partial charge in [-0.2, -0.15) is 0 Å². The Balaban J connectivity index is 2.28. The molecule has 0 aromatic heterocycles. The van der Waals surface area contributed by atoms with Gasteiger partial charge in [0.2, 0.25) is 0 Å². The predicted octanol–water partition coefficient (Wildman–Crippen LogP) is 3.69. The van der Waals surface area contributed by atoms with Gasteiger partial charge < -0.3 is 19.7 Å². The van der Waals surface area contributed by atoms with Crippen LogP contribution < -0.4 is 0 Å². The summed E-state index contributed by atoms with van der Waals surface area (Å²) >= 11 is 0. The molecular formula is C21H34O4. The number of hydrogen-bond donors (Lipinski definition) is 2. The van der Waals surface area contributed by atoms with Crippen LogP contribution in [0, 0.1) is 0 Å². The second-order valence-corrected chi connectivity index (χ2v) is 8.09. The van der Waals surface area contributed by atoms with Crippen molar-refractivity contribution < 1.29 is 19.7 Å². The molecule has 142 valence electrons. The Morgan fingerprint density at radius 2 is 1.96 bits per heavy atom. The molecule has 2 N–H and O–H groups in total. The summed E-state index contributed by atoms with van der Waals surface area (Å²) in [5.74, 6) is 0. The van der Waals surface area contributed by atoms with Crippen LogP contribution >= 0.6 is 0 Å². The first-order valence-electron chi connectivity index (χ1n) is 9.27. The van der Waals surface area contributed by atoms with Crippen LogP contribution in [0.3, 0.4) is 0 Å². The number of aliphatic hydroxyl groups excluding tert-OH is 1. The van der Waals surface area contributed by atoms with Gasteiger partial charge in [0.1, 0.15) is 0 Å². The summed E-state index contributed by atoms with van der Waals surface area (Å²) < 4.78 is 11.5. The molecule has 4 atom stereocenters. The molecule has 4 unspecified atom stereocenters. The van der Waals surface area contributed by atoms with Crippen molar-refractivity contribution in [3.05, 3.63) is 34.9 Å². The van der Waals surface area contributed by atoms with E-state index in [2.05, 4.69) is 19.9 Å². The molecule has 4 heteroatoms. The number of methoxy groups -OCH3 is 1. The van der Waals surface area contributed by atoms with Gasteiger partial charge in [0.15, 0.2) is 0 Å². The van der Waals surface area contributed by atoms with Crippen molar-refractivity contribution in [3.8, 4) is 0 Å². The zero-order chi connectivity index (χ0) is 18.7. The third-order valence-electron chi connectivity index (χ3n) is 5.69. The molecule has 0 saturated heterocycles. The third kappa shape index (κ3) is 5.27. The standard InChI is InChI=1S/C21H34O4/c1-15-7-8-19(22)21(4,24-5)11-6-10-20(3,23)12-9-17-16(2)14-25-18(17)13-15/h6,10,13,18-19,22-23H,7-9,11-12,14H2,1-5H3. The predicted molar refractivity (Wildman–Crippen MR) is 100 cm³/mol. The minimum atomic E-state index is -0.886. The van der Waals surface area contributed by atoms with E-state index in [0.717, 1.165) is 12.8 Å². The first kappa shape index (κ1) is 20.4. The SMILES string of the molecule is COC1(C)CC=CC(C)(O)CCC2=C(C)COC2C=C(C)CCC1O. The van der Waals surface area contributed by atoms with Gasteiger partial charge in [-0.25, -0.2) is 0 Å². The number of aliphatic hydroxyl groups is 2. The van der Waals surface area contributed by atoms with Gasteiger partial charge in [-0.05, 0) is 70.9 Å². The molecule has 0 aromatic rings. The van der Waals surface area contributed by atoms with Crippen LogP contribution in [0.2, 0.25) is 0 Å². The fourth-order valence-electron chi connectivity index (χ4n) is 3.54. The first-order valence-corrected chi connectivity index (χ1v) is 9.27. The van der Waals surface area contributed by atoms with Gasteiger partial charge in [-0.15, -0.1) is 0 Å². The lowest BCUT2D eigenvalue weighted by molar-refractivity contribution is -0.0905. The molecular weight excluding hydrogens is 316 g/mol. The van der Waals surface area contributed by atoms with Gasteiger partial charge in [-0.3, -0.25) is 0 Å². The molecule has 0 bridgehead atoms. The fraction of sp³-hybridized carbons (Fsp3) is 0.714. The molecule has 2 rings (SSSR count). The van der Waals surface area contributed by atoms with Crippen LogP contribution in [-0.4, -0.2) is 47.3 Å². The number of hydrogen-bond acceptors (Lipinski definition) is 4. The van der Waals surface area contributed by atoms with Crippen LogP contribution in [-0.2, 0) is 9.47 Å². The average Bonchev–Trinajstić information content (AvgIpc) is 2.89. The molecule has 1 heterocycles. The van der Waals surface area contributed by atoms with Crippen molar-refractivity contribution >= 4 is 0 Å². The maximum atomic E-state index is 10.7. The second-order valence-electron chi connectivity index (χ2n) is 8.09. The van der Waals surface area contributed by atoms with Crippen LogP contribution in [0.1, 0.15) is 59.8 Å². The lowest BCUT2D eigenvalue weighted by Crippen LogP contribution is -2.41. The quantitative estimate of drug-likeness (QED) is 0.708. The van der Waals surface area contributed by atoms with E-state index in [4.69, 9.17) is 9.47 Å². The van der Waals surface area contributed by atoms with E-state index in [0.29, 0.717) is 25.9 Å². The lowest BCUT2D eigenvalue weighted by atomic mass is 9.87. The average molecular weight is 350 g/mol. The molecule has 25 heavy (non-hydrogen) atoms. The normalized spacial score (nSPS) is 38.3. The van der Waals surface area contributed by atoms with E-state index in [1.165, 1.54) is 16.7 Å². The Labute approximate surface area is 152 Å². The molecule has 0 spiro atoms. The smallest absolute Gasteiger partial charge is 0.0977 e. The molecule has 4 nitrogen and oxygen atoms in total. The van der Waals surface area contributed by atoms with Crippen molar-refractivity contribution in [2.75, 3.05) is 13.7 Å². The largest absolute Gasteiger partial charge is 0.390 e. The van der Waals surface area contributed by atoms with Crippen molar-refractivity contribution in [2.45, 2.75) is 83.2 Å². The highest BCUT2D eigenvalue weighted by Crippen LogP contribution is 2.32. The van der Waals surface area contributed by atoms with E-state index in [1.807, 2.05) is 26.0 Å². The minimum absolute atomic E-state index is 0.00586. The lowest BCUT2D eigenvalue weighted by Gasteiger charge is -2.33. The van der Waals surface area contributed by atoms with E-state index in [-0.39, 0.29) is 6.10 Å². The Morgan fingerprint density at radius 3 is 2.64 bits per heavy atom. The monoisotopic (exact) mass is 350 g/mol. The zero-order valence-corrected chi connectivity index (χ0v) is 16.3. The van der Waals surface area contributed by atoms with Gasteiger partial charge in [0, 0.05) is 7.11 Å². The summed E-state index contributed by atoms with van der Waals surface area (Å²) in [6, 6.07) is 0. The van der Waals surface area contributed by atoms with E-state index < -0.39 is 17.3 Å². The van der Waals surface area contributed by atoms with Crippen molar-refractivity contribution in [1.29, 1.82) is 0 Å².